The first-order valence-electron chi connectivity index (χ1n) is 6.10. The van der Waals surface area contributed by atoms with Crippen LogP contribution >= 0.6 is 27.5 Å². The quantitative estimate of drug-likeness (QED) is 0.852. The molecule has 0 unspecified atom stereocenters. The molecule has 0 bridgehead atoms. The van der Waals surface area contributed by atoms with Gasteiger partial charge in [0.15, 0.2) is 0 Å². The maximum Gasteiger partial charge on any atom is 0.243 e. The van der Waals surface area contributed by atoms with Gasteiger partial charge in [0.25, 0.3) is 0 Å². The van der Waals surface area contributed by atoms with Crippen molar-refractivity contribution in [3.63, 3.8) is 0 Å². The van der Waals surface area contributed by atoms with E-state index in [4.69, 9.17) is 11.6 Å². The van der Waals surface area contributed by atoms with Crippen molar-refractivity contribution in [1.82, 2.24) is 0 Å². The third-order valence-corrected chi connectivity index (χ3v) is 3.60. The lowest BCUT2D eigenvalue weighted by Gasteiger charge is -2.10. The van der Waals surface area contributed by atoms with Crippen molar-refractivity contribution in [2.24, 2.45) is 0 Å². The minimum absolute atomic E-state index is 0.109. The Morgan fingerprint density at radius 3 is 2.80 bits per heavy atom. The van der Waals surface area contributed by atoms with Crippen molar-refractivity contribution in [1.29, 1.82) is 0 Å². The summed E-state index contributed by atoms with van der Waals surface area (Å²) in [7, 11) is 0. The number of carbonyl (C=O) groups excluding carboxylic acids is 1. The Morgan fingerprint density at radius 2 is 2.05 bits per heavy atom. The maximum atomic E-state index is 11.9. The molecule has 1 amide bonds. The molecule has 20 heavy (non-hydrogen) atoms. The molecular weight excluding hydrogens is 340 g/mol. The van der Waals surface area contributed by atoms with Gasteiger partial charge in [-0.15, -0.1) is 0 Å². The number of halogens is 2. The Labute approximate surface area is 131 Å². The van der Waals surface area contributed by atoms with Crippen LogP contribution in [0.2, 0.25) is 5.02 Å². The molecule has 0 aliphatic heterocycles. The number of anilines is 2. The van der Waals surface area contributed by atoms with Crippen molar-refractivity contribution in [3.05, 3.63) is 57.5 Å². The van der Waals surface area contributed by atoms with Crippen LogP contribution in [0.15, 0.2) is 46.9 Å². The zero-order valence-corrected chi connectivity index (χ0v) is 13.3. The van der Waals surface area contributed by atoms with E-state index in [0.717, 1.165) is 21.4 Å². The lowest BCUT2D eigenvalue weighted by atomic mass is 10.2. The summed E-state index contributed by atoms with van der Waals surface area (Å²) in [4.78, 5) is 11.9. The van der Waals surface area contributed by atoms with E-state index in [1.807, 2.05) is 37.3 Å². The molecule has 2 rings (SSSR count). The van der Waals surface area contributed by atoms with Gasteiger partial charge in [0, 0.05) is 15.2 Å². The summed E-state index contributed by atoms with van der Waals surface area (Å²) in [6.07, 6.45) is 0. The van der Waals surface area contributed by atoms with Gasteiger partial charge in [-0.3, -0.25) is 4.79 Å². The van der Waals surface area contributed by atoms with E-state index < -0.39 is 0 Å². The summed E-state index contributed by atoms with van der Waals surface area (Å²) in [6, 6.07) is 13.1. The minimum atomic E-state index is -0.109. The Balaban J connectivity index is 1.94. The fourth-order valence-electron chi connectivity index (χ4n) is 1.74. The van der Waals surface area contributed by atoms with Crippen LogP contribution in [-0.4, -0.2) is 12.5 Å². The Bertz CT molecular complexity index is 631. The average molecular weight is 354 g/mol. The minimum Gasteiger partial charge on any atom is -0.375 e. The molecule has 2 N–H and O–H groups in total. The highest BCUT2D eigenvalue weighted by molar-refractivity contribution is 9.10. The number of benzene rings is 2. The van der Waals surface area contributed by atoms with E-state index in [1.165, 1.54) is 0 Å². The van der Waals surface area contributed by atoms with E-state index in [-0.39, 0.29) is 12.5 Å². The summed E-state index contributed by atoms with van der Waals surface area (Å²) in [5.41, 5.74) is 2.69. The van der Waals surface area contributed by atoms with Crippen molar-refractivity contribution < 1.29 is 4.79 Å². The number of carbonyl (C=O) groups is 1. The molecule has 2 aromatic rings. The molecule has 0 aromatic heterocycles. The summed E-state index contributed by atoms with van der Waals surface area (Å²) >= 11 is 9.32. The molecule has 0 saturated carbocycles. The standard InChI is InChI=1S/C15H14BrClN2O/c1-10-3-2-4-12(7-10)19-15(20)9-18-14-8-11(17)5-6-13(14)16/h2-8,18H,9H2,1H3,(H,19,20). The number of amides is 1. The van der Waals surface area contributed by atoms with Gasteiger partial charge < -0.3 is 10.6 Å². The zero-order chi connectivity index (χ0) is 14.5. The first-order chi connectivity index (χ1) is 9.54. The number of aryl methyl sites for hydroxylation is 1. The van der Waals surface area contributed by atoms with E-state index in [1.54, 1.807) is 12.1 Å². The topological polar surface area (TPSA) is 41.1 Å². The molecule has 0 atom stereocenters. The van der Waals surface area contributed by atoms with Crippen LogP contribution in [0.1, 0.15) is 5.56 Å². The van der Waals surface area contributed by atoms with Crippen LogP contribution in [0.5, 0.6) is 0 Å². The first kappa shape index (κ1) is 14.9. The lowest BCUT2D eigenvalue weighted by Crippen LogP contribution is -2.21. The van der Waals surface area contributed by atoms with Crippen molar-refractivity contribution in [3.8, 4) is 0 Å². The van der Waals surface area contributed by atoms with Crippen molar-refractivity contribution >= 4 is 44.8 Å². The SMILES string of the molecule is Cc1cccc(NC(=O)CNc2cc(Cl)ccc2Br)c1. The molecule has 0 saturated heterocycles. The fraction of sp³-hybridized carbons (Fsp3) is 0.133. The smallest absolute Gasteiger partial charge is 0.243 e. The molecule has 0 spiro atoms. The summed E-state index contributed by atoms with van der Waals surface area (Å²) in [5, 5.41) is 6.50. The lowest BCUT2D eigenvalue weighted by molar-refractivity contribution is -0.114. The zero-order valence-electron chi connectivity index (χ0n) is 10.9. The summed E-state index contributed by atoms with van der Waals surface area (Å²) in [6.45, 7) is 2.16. The predicted octanol–water partition coefficient (Wildman–Crippen LogP) is 4.46. The van der Waals surface area contributed by atoms with E-state index >= 15 is 0 Å². The Kier molecular flexibility index (Phi) is 5.04. The van der Waals surface area contributed by atoms with Crippen LogP contribution in [0.25, 0.3) is 0 Å². The van der Waals surface area contributed by atoms with Crippen LogP contribution in [0, 0.1) is 6.92 Å². The molecule has 0 heterocycles. The van der Waals surface area contributed by atoms with Gasteiger partial charge in [-0.2, -0.15) is 0 Å². The number of hydrogen-bond donors (Lipinski definition) is 2. The van der Waals surface area contributed by atoms with E-state index in [2.05, 4.69) is 26.6 Å². The van der Waals surface area contributed by atoms with E-state index in [9.17, 15) is 4.79 Å². The normalized spacial score (nSPS) is 10.2. The van der Waals surface area contributed by atoms with Gasteiger partial charge in [-0.25, -0.2) is 0 Å². The average Bonchev–Trinajstić information content (AvgIpc) is 2.40. The van der Waals surface area contributed by atoms with Gasteiger partial charge in [0.1, 0.15) is 0 Å². The molecular formula is C15H14BrClN2O. The second-order valence-corrected chi connectivity index (χ2v) is 5.69. The third kappa shape index (κ3) is 4.25. The van der Waals surface area contributed by atoms with Crippen LogP contribution in [0.4, 0.5) is 11.4 Å². The molecule has 0 aliphatic carbocycles. The number of hydrogen-bond acceptors (Lipinski definition) is 2. The largest absolute Gasteiger partial charge is 0.375 e. The highest BCUT2D eigenvalue weighted by Crippen LogP contribution is 2.25. The van der Waals surface area contributed by atoms with E-state index in [0.29, 0.717) is 5.02 Å². The second kappa shape index (κ2) is 6.77. The van der Waals surface area contributed by atoms with Gasteiger partial charge in [-0.05, 0) is 58.7 Å². The van der Waals surface area contributed by atoms with Crippen molar-refractivity contribution in [2.75, 3.05) is 17.2 Å². The van der Waals surface area contributed by atoms with Gasteiger partial charge >= 0.3 is 0 Å². The van der Waals surface area contributed by atoms with Crippen LogP contribution in [0.3, 0.4) is 0 Å². The number of rotatable bonds is 4. The Hall–Kier alpha value is -1.52. The molecule has 0 aliphatic rings. The fourth-order valence-corrected chi connectivity index (χ4v) is 2.30. The highest BCUT2D eigenvalue weighted by Gasteiger charge is 2.05. The molecule has 0 radical (unpaired) electrons. The summed E-state index contributed by atoms with van der Waals surface area (Å²) < 4.78 is 0.866. The monoisotopic (exact) mass is 352 g/mol. The van der Waals surface area contributed by atoms with Gasteiger partial charge in [0.05, 0.1) is 12.2 Å². The summed E-state index contributed by atoms with van der Waals surface area (Å²) in [5.74, 6) is -0.109. The highest BCUT2D eigenvalue weighted by atomic mass is 79.9. The molecule has 104 valence electrons. The van der Waals surface area contributed by atoms with Crippen molar-refractivity contribution in [2.45, 2.75) is 6.92 Å². The van der Waals surface area contributed by atoms with Gasteiger partial charge in [-0.1, -0.05) is 23.7 Å². The maximum absolute atomic E-state index is 11.9. The number of nitrogens with one attached hydrogen (secondary N) is 2. The van der Waals surface area contributed by atoms with Crippen LogP contribution in [-0.2, 0) is 4.79 Å². The molecule has 2 aromatic carbocycles. The van der Waals surface area contributed by atoms with Gasteiger partial charge in [0.2, 0.25) is 5.91 Å². The molecule has 3 nitrogen and oxygen atoms in total. The first-order valence-corrected chi connectivity index (χ1v) is 7.27. The Morgan fingerprint density at radius 1 is 1.25 bits per heavy atom. The van der Waals surface area contributed by atoms with Crippen LogP contribution < -0.4 is 10.6 Å². The third-order valence-electron chi connectivity index (χ3n) is 2.67. The molecule has 0 fully saturated rings. The molecule has 5 heteroatoms. The second-order valence-electron chi connectivity index (χ2n) is 4.40. The predicted molar refractivity (Wildman–Crippen MR) is 87.5 cm³/mol.